The van der Waals surface area contributed by atoms with E-state index in [-0.39, 0.29) is 0 Å². The van der Waals surface area contributed by atoms with E-state index in [1.54, 1.807) is 18.3 Å². The van der Waals surface area contributed by atoms with Crippen LogP contribution in [0.4, 0.5) is 0 Å². The first-order valence-corrected chi connectivity index (χ1v) is 4.14. The predicted octanol–water partition coefficient (Wildman–Crippen LogP) is 3.24. The van der Waals surface area contributed by atoms with E-state index in [4.69, 9.17) is 16.0 Å². The fourth-order valence-corrected chi connectivity index (χ4v) is 1.45. The Bertz CT molecular complexity index is 398. The number of nitrogens with zero attached hydrogens (tertiary/aromatic N) is 1. The first kappa shape index (κ1) is 7.13. The van der Waals surface area contributed by atoms with Gasteiger partial charge in [0.1, 0.15) is 0 Å². The summed E-state index contributed by atoms with van der Waals surface area (Å²) >= 11 is 9.04. The first-order chi connectivity index (χ1) is 5.27. The molecule has 0 aliphatic rings. The molecule has 0 saturated carbocycles. The fraction of sp³-hybridized carbons (Fsp3) is 0. The zero-order valence-corrected chi connectivity index (χ0v) is 7.69. The van der Waals surface area contributed by atoms with Crippen molar-refractivity contribution in [2.45, 2.75) is 0 Å². The van der Waals surface area contributed by atoms with Gasteiger partial charge in [0.05, 0.1) is 10.4 Å². The number of fused-ring (bicyclic) bond motifs is 1. The number of pyridine rings is 1. The number of furan rings is 1. The number of rotatable bonds is 0. The molecule has 2 aromatic rings. The summed E-state index contributed by atoms with van der Waals surface area (Å²) in [6.07, 6.45) is 1.61. The minimum absolute atomic E-state index is 0.560. The molecule has 2 nitrogen and oxygen atoms in total. The van der Waals surface area contributed by atoms with Gasteiger partial charge in [-0.1, -0.05) is 11.6 Å². The van der Waals surface area contributed by atoms with Crippen LogP contribution in [0.5, 0.6) is 0 Å². The van der Waals surface area contributed by atoms with E-state index in [0.717, 1.165) is 5.39 Å². The third kappa shape index (κ3) is 1.14. The molecule has 0 aliphatic carbocycles. The summed E-state index contributed by atoms with van der Waals surface area (Å²) in [7, 11) is 0. The van der Waals surface area contributed by atoms with Crippen molar-refractivity contribution in [2.24, 2.45) is 0 Å². The van der Waals surface area contributed by atoms with E-state index in [2.05, 4.69) is 20.9 Å². The first-order valence-electron chi connectivity index (χ1n) is 2.97. The van der Waals surface area contributed by atoms with Crippen LogP contribution in [0.1, 0.15) is 0 Å². The van der Waals surface area contributed by atoms with Crippen molar-refractivity contribution in [3.63, 3.8) is 0 Å². The summed E-state index contributed by atoms with van der Waals surface area (Å²) in [5, 5.41) is 1.49. The largest absolute Gasteiger partial charge is 0.431 e. The fourth-order valence-electron chi connectivity index (χ4n) is 0.879. The van der Waals surface area contributed by atoms with Crippen LogP contribution in [0.2, 0.25) is 5.02 Å². The molecular formula is C7H3BrClNO. The zero-order chi connectivity index (χ0) is 7.84. The van der Waals surface area contributed by atoms with Gasteiger partial charge in [0.25, 0.3) is 0 Å². The van der Waals surface area contributed by atoms with Gasteiger partial charge in [-0.2, -0.15) is 0 Å². The highest BCUT2D eigenvalue weighted by Gasteiger charge is 2.04. The Balaban J connectivity index is 2.90. The normalized spacial score (nSPS) is 10.7. The Morgan fingerprint density at radius 2 is 2.36 bits per heavy atom. The molecule has 0 unspecified atom stereocenters. The molecule has 0 aromatic carbocycles. The van der Waals surface area contributed by atoms with Gasteiger partial charge >= 0.3 is 0 Å². The van der Waals surface area contributed by atoms with Gasteiger partial charge < -0.3 is 4.42 Å². The van der Waals surface area contributed by atoms with E-state index in [0.29, 0.717) is 15.4 Å². The van der Waals surface area contributed by atoms with Crippen LogP contribution in [0.15, 0.2) is 27.4 Å². The summed E-state index contributed by atoms with van der Waals surface area (Å²) in [6.45, 7) is 0. The average Bonchev–Trinajstić information content (AvgIpc) is 2.31. The molecule has 0 bridgehead atoms. The van der Waals surface area contributed by atoms with Crippen molar-refractivity contribution in [2.75, 3.05) is 0 Å². The maximum Gasteiger partial charge on any atom is 0.228 e. The molecule has 2 aromatic heterocycles. The molecular weight excluding hydrogens is 229 g/mol. The van der Waals surface area contributed by atoms with E-state index in [1.807, 2.05) is 0 Å². The number of aromatic nitrogens is 1. The average molecular weight is 232 g/mol. The molecule has 4 heteroatoms. The lowest BCUT2D eigenvalue weighted by Crippen LogP contribution is -1.70. The van der Waals surface area contributed by atoms with Gasteiger partial charge in [-0.15, -0.1) is 0 Å². The third-order valence-corrected chi connectivity index (χ3v) is 2.07. The van der Waals surface area contributed by atoms with Crippen LogP contribution < -0.4 is 0 Å². The van der Waals surface area contributed by atoms with Crippen LogP contribution in [0.3, 0.4) is 0 Å². The lowest BCUT2D eigenvalue weighted by molar-refractivity contribution is 0.576. The van der Waals surface area contributed by atoms with Crippen molar-refractivity contribution in [3.05, 3.63) is 28.0 Å². The second-order valence-corrected chi connectivity index (χ2v) is 3.25. The maximum atomic E-state index is 5.85. The Labute approximate surface area is 76.3 Å². The number of halogens is 2. The standard InChI is InChI=1S/C7H3BrClNO/c8-6-3-4-5(9)1-2-10-7(4)11-6/h1-3H. The van der Waals surface area contributed by atoms with Crippen molar-refractivity contribution < 1.29 is 4.42 Å². The lowest BCUT2D eigenvalue weighted by Gasteiger charge is -1.87. The molecule has 0 aliphatic heterocycles. The summed E-state index contributed by atoms with van der Waals surface area (Å²) in [5.74, 6) is 0. The molecule has 0 N–H and O–H groups in total. The lowest BCUT2D eigenvalue weighted by atomic mass is 10.3. The quantitative estimate of drug-likeness (QED) is 0.697. The summed E-state index contributed by atoms with van der Waals surface area (Å²) in [5.41, 5.74) is 0.560. The number of hydrogen-bond donors (Lipinski definition) is 0. The van der Waals surface area contributed by atoms with Crippen molar-refractivity contribution in [1.29, 1.82) is 0 Å². The molecule has 56 valence electrons. The Hall–Kier alpha value is -0.540. The van der Waals surface area contributed by atoms with Crippen molar-refractivity contribution in [1.82, 2.24) is 4.98 Å². The SMILES string of the molecule is Clc1ccnc2oc(Br)cc12. The Kier molecular flexibility index (Phi) is 1.62. The highest BCUT2D eigenvalue weighted by atomic mass is 79.9. The summed E-state index contributed by atoms with van der Waals surface area (Å²) in [6, 6.07) is 3.52. The van der Waals surface area contributed by atoms with Gasteiger partial charge in [-0.3, -0.25) is 0 Å². The van der Waals surface area contributed by atoms with E-state index >= 15 is 0 Å². The number of hydrogen-bond acceptors (Lipinski definition) is 2. The molecule has 0 atom stereocenters. The Morgan fingerprint density at radius 1 is 1.55 bits per heavy atom. The van der Waals surface area contributed by atoms with Crippen molar-refractivity contribution >= 4 is 38.6 Å². The highest BCUT2D eigenvalue weighted by Crippen LogP contribution is 2.27. The van der Waals surface area contributed by atoms with Crippen molar-refractivity contribution in [3.8, 4) is 0 Å². The van der Waals surface area contributed by atoms with Gasteiger partial charge in [0, 0.05) is 12.3 Å². The zero-order valence-electron chi connectivity index (χ0n) is 5.34. The highest BCUT2D eigenvalue weighted by molar-refractivity contribution is 9.10. The Morgan fingerprint density at radius 3 is 3.09 bits per heavy atom. The van der Waals surface area contributed by atoms with Gasteiger partial charge in [0.15, 0.2) is 4.67 Å². The molecule has 0 saturated heterocycles. The molecule has 0 amide bonds. The van der Waals surface area contributed by atoms with Crippen LogP contribution in [0, 0.1) is 0 Å². The maximum absolute atomic E-state index is 5.85. The monoisotopic (exact) mass is 231 g/mol. The van der Waals surface area contributed by atoms with Gasteiger partial charge in [-0.05, 0) is 22.0 Å². The molecule has 11 heavy (non-hydrogen) atoms. The van der Waals surface area contributed by atoms with E-state index in [1.165, 1.54) is 0 Å². The minimum atomic E-state index is 0.560. The molecule has 2 heterocycles. The molecule has 0 radical (unpaired) electrons. The smallest absolute Gasteiger partial charge is 0.228 e. The third-order valence-electron chi connectivity index (χ3n) is 1.35. The topological polar surface area (TPSA) is 26.0 Å². The second-order valence-electron chi connectivity index (χ2n) is 2.06. The van der Waals surface area contributed by atoms with Crippen LogP contribution in [0.25, 0.3) is 11.1 Å². The summed E-state index contributed by atoms with van der Waals surface area (Å²) in [4.78, 5) is 3.98. The van der Waals surface area contributed by atoms with E-state index < -0.39 is 0 Å². The summed E-state index contributed by atoms with van der Waals surface area (Å²) < 4.78 is 5.82. The molecule has 2 rings (SSSR count). The van der Waals surface area contributed by atoms with Gasteiger partial charge in [0.2, 0.25) is 5.71 Å². The second kappa shape index (κ2) is 2.50. The van der Waals surface area contributed by atoms with Crippen LogP contribution in [-0.4, -0.2) is 4.98 Å². The predicted molar refractivity (Wildman–Crippen MR) is 46.7 cm³/mol. The van der Waals surface area contributed by atoms with Gasteiger partial charge in [-0.25, -0.2) is 4.98 Å². The van der Waals surface area contributed by atoms with E-state index in [9.17, 15) is 0 Å². The molecule has 0 fully saturated rings. The molecule has 0 spiro atoms. The van der Waals surface area contributed by atoms with Crippen LogP contribution in [-0.2, 0) is 0 Å². The minimum Gasteiger partial charge on any atom is -0.431 e. The van der Waals surface area contributed by atoms with Crippen LogP contribution >= 0.6 is 27.5 Å².